The number of carbonyl (C=O) groups excluding carboxylic acids is 1. The second-order valence-corrected chi connectivity index (χ2v) is 22.4. The summed E-state index contributed by atoms with van der Waals surface area (Å²) in [6.07, 6.45) is 13.4. The molecule has 2 aromatic heterocycles. The van der Waals surface area contributed by atoms with Gasteiger partial charge in [0, 0.05) is 79.2 Å². The van der Waals surface area contributed by atoms with E-state index in [4.69, 9.17) is 46.4 Å². The molecule has 0 saturated heterocycles. The van der Waals surface area contributed by atoms with Crippen molar-refractivity contribution in [3.63, 3.8) is 0 Å². The number of aromatic nitrogens is 3. The topological polar surface area (TPSA) is 112 Å². The van der Waals surface area contributed by atoms with Crippen molar-refractivity contribution < 1.29 is 60.9 Å². The zero-order chi connectivity index (χ0) is 53.0. The van der Waals surface area contributed by atoms with Crippen LogP contribution in [0.1, 0.15) is 57.8 Å². The molecule has 12 nitrogen and oxygen atoms in total. The van der Waals surface area contributed by atoms with Gasteiger partial charge in [-0.2, -0.15) is 4.57 Å². The van der Waals surface area contributed by atoms with Crippen molar-refractivity contribution in [3.05, 3.63) is 164 Å². The Bertz CT molecular complexity index is 3530. The van der Waals surface area contributed by atoms with E-state index in [1.54, 1.807) is 11.3 Å². The lowest BCUT2D eigenvalue weighted by Gasteiger charge is -2.25. The van der Waals surface area contributed by atoms with Gasteiger partial charge in [-0.3, -0.25) is 4.79 Å². The third kappa shape index (κ3) is 13.1. The molecule has 0 saturated carbocycles. The Morgan fingerprint density at radius 3 is 1.95 bits per heavy atom. The summed E-state index contributed by atoms with van der Waals surface area (Å²) in [6, 6.07) is 32.5. The highest BCUT2D eigenvalue weighted by Gasteiger charge is 2.33. The zero-order valence-corrected chi connectivity index (χ0v) is 50.9. The van der Waals surface area contributed by atoms with Crippen LogP contribution < -0.4 is 68.0 Å². The van der Waals surface area contributed by atoms with Gasteiger partial charge in [0.1, 0.15) is 22.9 Å². The Kier molecular flexibility index (Phi) is 20.5. The van der Waals surface area contributed by atoms with E-state index >= 15 is 0 Å². The van der Waals surface area contributed by atoms with Crippen LogP contribution in [0, 0.1) is 0 Å². The highest BCUT2D eigenvalue weighted by Crippen LogP contribution is 2.46. The maximum atomic E-state index is 13.9. The van der Waals surface area contributed by atoms with E-state index < -0.39 is 15.9 Å². The van der Waals surface area contributed by atoms with Gasteiger partial charge in [-0.05, 0) is 112 Å². The van der Waals surface area contributed by atoms with Crippen molar-refractivity contribution in [2.24, 2.45) is 0 Å². The smallest absolute Gasteiger partial charge is 0.282 e. The van der Waals surface area contributed by atoms with E-state index in [0.717, 1.165) is 62.8 Å². The summed E-state index contributed by atoms with van der Waals surface area (Å²) in [4.78, 5) is 22.7. The van der Waals surface area contributed by atoms with Crippen LogP contribution in [0.25, 0.3) is 44.5 Å². The van der Waals surface area contributed by atoms with Crippen molar-refractivity contribution in [2.45, 2.75) is 66.6 Å². The van der Waals surface area contributed by atoms with Crippen LogP contribution in [-0.4, -0.2) is 61.9 Å². The lowest BCUT2D eigenvalue weighted by molar-refractivity contribution is -0.670. The van der Waals surface area contributed by atoms with Gasteiger partial charge in [0.15, 0.2) is 11.0 Å². The number of nitrogens with zero attached hydrogens (tertiary/aromatic N) is 7. The fraction of sp³-hybridized carbons (Fsp3) is 0.281. The fourth-order valence-electron chi connectivity index (χ4n) is 10.2. The minimum atomic E-state index is -4.32. The average molecular weight is 1290 g/mol. The Labute approximate surface area is 496 Å². The molecule has 0 fully saturated rings. The molecule has 0 atom stereocenters. The number of imidazole rings is 1. The second-order valence-electron chi connectivity index (χ2n) is 18.1. The van der Waals surface area contributed by atoms with Crippen LogP contribution in [-0.2, 0) is 34.5 Å². The Hall–Kier alpha value is -4.88. The first-order valence-corrected chi connectivity index (χ1v) is 29.2. The molecule has 0 spiro atoms. The number of benzene rings is 5. The van der Waals surface area contributed by atoms with Gasteiger partial charge in [-0.25, -0.2) is 17.6 Å². The number of carbonyl (C=O) groups is 1. The molecule has 0 bridgehead atoms. The first-order valence-electron chi connectivity index (χ1n) is 25.3. The normalized spacial score (nSPS) is 14.5. The monoisotopic (exact) mass is 1280 g/mol. The fourth-order valence-corrected chi connectivity index (χ4v) is 12.5. The molecule has 20 heteroatoms. The zero-order valence-electron chi connectivity index (χ0n) is 43.0. The predicted octanol–water partition coefficient (Wildman–Crippen LogP) is 6.69. The van der Waals surface area contributed by atoms with E-state index in [0.29, 0.717) is 72.3 Å². The van der Waals surface area contributed by atoms with Crippen molar-refractivity contribution >= 4 is 130 Å². The van der Waals surface area contributed by atoms with Crippen molar-refractivity contribution in [1.82, 2.24) is 9.88 Å². The summed E-state index contributed by atoms with van der Waals surface area (Å²) in [5.74, 6) is 2.21. The standard InChI is InChI=1S/C57H58Cl4N8O4S2.2BrH/c1-5-63-45-25-23-41(58)35-47(45)67(30-12-13-33-75(71,72)73)54(63)18-14-19-55-64(6-2)46-26-24-42(59)36-48(46)68(55)31-28-53(70)62-29-32-69-50-38-44(61)43(60)37-49(50)65(7-3)56(69)20-15-21-57-66(8-4)51-34-40(22-27-52(51)74-57)39-16-10-9-11-17-39;;/h9-11,14-27,34-38H,5-8,12-13,28-33H2,1-4H3;2*1H/p-1. The number of thiazole rings is 1. The number of hydrogen-bond donors (Lipinski definition) is 1. The number of hydrogen-bond acceptors (Lipinski definition) is 9. The number of rotatable bonds is 20. The number of anilines is 4. The summed E-state index contributed by atoms with van der Waals surface area (Å²) in [7, 11) is -4.32. The van der Waals surface area contributed by atoms with Crippen molar-refractivity contribution in [2.75, 3.05) is 58.1 Å². The number of nitrogens with one attached hydrogen (secondary N) is 1. The molecule has 9 rings (SSSR count). The molecule has 5 aromatic carbocycles. The minimum Gasteiger partial charge on any atom is -1.00 e. The van der Waals surface area contributed by atoms with Crippen LogP contribution >= 0.6 is 57.7 Å². The number of amides is 1. The van der Waals surface area contributed by atoms with Gasteiger partial charge < -0.3 is 63.4 Å². The molecule has 406 valence electrons. The number of aryl methyl sites for hydroxylation is 3. The van der Waals surface area contributed by atoms with Gasteiger partial charge >= 0.3 is 0 Å². The molecule has 4 heterocycles. The summed E-state index contributed by atoms with van der Waals surface area (Å²) in [5.41, 5.74) is 9.21. The first-order chi connectivity index (χ1) is 36.2. The first kappa shape index (κ1) is 59.8. The third-order valence-electron chi connectivity index (χ3n) is 13.6. The van der Waals surface area contributed by atoms with E-state index in [-0.39, 0.29) is 52.7 Å². The van der Waals surface area contributed by atoms with Crippen LogP contribution in [0.4, 0.5) is 22.7 Å². The SMILES string of the molecule is CCN1/C(=C\C=C/c2sc3ccc(-c4ccccc4)cc3[n+]2CC)N(CCNC(=O)CCN2/C(=C/C=C\c3n(CCCCS(=O)(=O)[O-])c4cc(Cl)ccc4[n+]3CC)N(CC)c3ccc(Cl)cc32)c2cc(Cl)c(Cl)cc21.[Br-].[Br-]. The predicted molar refractivity (Wildman–Crippen MR) is 310 cm³/mol. The molecular formula is C57H59Br2Cl4N8O4S2-. The number of allylic oxidation sites excluding steroid dienone is 4. The van der Waals surface area contributed by atoms with E-state index in [9.17, 15) is 17.8 Å². The van der Waals surface area contributed by atoms with Gasteiger partial charge in [-0.1, -0.05) is 106 Å². The van der Waals surface area contributed by atoms with E-state index in [2.05, 4.69) is 127 Å². The maximum absolute atomic E-state index is 13.9. The van der Waals surface area contributed by atoms with Gasteiger partial charge in [0.25, 0.3) is 10.8 Å². The molecular weight excluding hydrogens is 1230 g/mol. The summed E-state index contributed by atoms with van der Waals surface area (Å²) >= 11 is 28.2. The molecule has 0 unspecified atom stereocenters. The number of unbranched alkanes of at least 4 members (excludes halogenated alkanes) is 1. The largest absolute Gasteiger partial charge is 1.00 e. The van der Waals surface area contributed by atoms with E-state index in [1.165, 1.54) is 21.3 Å². The van der Waals surface area contributed by atoms with Crippen molar-refractivity contribution in [1.29, 1.82) is 0 Å². The minimum absolute atomic E-state index is 0. The van der Waals surface area contributed by atoms with Crippen molar-refractivity contribution in [3.8, 4) is 11.1 Å². The summed E-state index contributed by atoms with van der Waals surface area (Å²) in [5, 5.41) is 6.44. The summed E-state index contributed by atoms with van der Waals surface area (Å²) in [6.45, 7) is 13.0. The quantitative estimate of drug-likeness (QED) is 0.0511. The Morgan fingerprint density at radius 2 is 1.27 bits per heavy atom. The molecule has 0 aliphatic carbocycles. The molecule has 2 aliphatic heterocycles. The number of halogens is 6. The van der Waals surface area contributed by atoms with Gasteiger partial charge in [-0.15, -0.1) is 0 Å². The molecule has 1 amide bonds. The summed E-state index contributed by atoms with van der Waals surface area (Å²) < 4.78 is 42.1. The van der Waals surface area contributed by atoms with Crippen LogP contribution in [0.15, 0.2) is 133 Å². The van der Waals surface area contributed by atoms with Crippen LogP contribution in [0.3, 0.4) is 0 Å². The van der Waals surface area contributed by atoms with Gasteiger partial charge in [0.05, 0.1) is 56.0 Å². The molecule has 0 radical (unpaired) electrons. The molecule has 2 aliphatic rings. The van der Waals surface area contributed by atoms with Gasteiger partial charge in [0.2, 0.25) is 11.4 Å². The Balaban J connectivity index is 0.00000431. The van der Waals surface area contributed by atoms with Crippen LogP contribution in [0.5, 0.6) is 0 Å². The number of fused-ring (bicyclic) bond motifs is 4. The molecule has 1 N–H and O–H groups in total. The highest BCUT2D eigenvalue weighted by molar-refractivity contribution is 7.85. The maximum Gasteiger partial charge on any atom is 0.282 e. The van der Waals surface area contributed by atoms with Crippen LogP contribution in [0.2, 0.25) is 20.1 Å². The Morgan fingerprint density at radius 1 is 0.649 bits per heavy atom. The van der Waals surface area contributed by atoms with E-state index in [1.807, 2.05) is 72.8 Å². The second kappa shape index (κ2) is 26.4. The molecule has 77 heavy (non-hydrogen) atoms. The average Bonchev–Trinajstić information content (AvgIpc) is 4.12. The third-order valence-corrected chi connectivity index (χ3v) is 16.7. The molecule has 7 aromatic rings. The highest BCUT2D eigenvalue weighted by atomic mass is 79.9. The lowest BCUT2D eigenvalue weighted by Crippen LogP contribution is -3.00. The lowest BCUT2D eigenvalue weighted by atomic mass is 10.1.